The van der Waals surface area contributed by atoms with Crippen LogP contribution in [0.5, 0.6) is 0 Å². The SMILES string of the molecule is CCCn1c(SCC2CSc3nnc(-c4ccccc4)n32)n[nH]c1=O. The summed E-state index contributed by atoms with van der Waals surface area (Å²) in [6.07, 6.45) is 0.903. The van der Waals surface area contributed by atoms with Gasteiger partial charge in [0.15, 0.2) is 16.1 Å². The first-order chi connectivity index (χ1) is 12.3. The van der Waals surface area contributed by atoms with Crippen molar-refractivity contribution in [2.45, 2.75) is 36.2 Å². The molecule has 0 aliphatic carbocycles. The van der Waals surface area contributed by atoms with Gasteiger partial charge in [-0.3, -0.25) is 9.13 Å². The molecular formula is C16H18N6OS2. The molecule has 1 aliphatic rings. The lowest BCUT2D eigenvalue weighted by molar-refractivity contribution is 0.587. The molecule has 7 nitrogen and oxygen atoms in total. The van der Waals surface area contributed by atoms with E-state index in [0.29, 0.717) is 6.54 Å². The molecule has 3 aromatic rings. The molecule has 3 heterocycles. The van der Waals surface area contributed by atoms with Crippen LogP contribution < -0.4 is 5.69 Å². The van der Waals surface area contributed by atoms with E-state index in [1.54, 1.807) is 28.1 Å². The van der Waals surface area contributed by atoms with E-state index in [1.165, 1.54) is 0 Å². The van der Waals surface area contributed by atoms with Crippen LogP contribution in [0.4, 0.5) is 0 Å². The van der Waals surface area contributed by atoms with Gasteiger partial charge >= 0.3 is 5.69 Å². The molecule has 2 aromatic heterocycles. The van der Waals surface area contributed by atoms with Crippen molar-refractivity contribution in [2.75, 3.05) is 11.5 Å². The lowest BCUT2D eigenvalue weighted by Crippen LogP contribution is -2.18. The van der Waals surface area contributed by atoms with Crippen LogP contribution in [0, 0.1) is 0 Å². The van der Waals surface area contributed by atoms with Gasteiger partial charge in [0.05, 0.1) is 6.04 Å². The van der Waals surface area contributed by atoms with Crippen molar-refractivity contribution in [3.63, 3.8) is 0 Å². The van der Waals surface area contributed by atoms with Crippen LogP contribution in [-0.4, -0.2) is 41.0 Å². The Bertz CT molecular complexity index is 916. The van der Waals surface area contributed by atoms with Crippen LogP contribution in [0.3, 0.4) is 0 Å². The minimum atomic E-state index is -0.139. The van der Waals surface area contributed by atoms with Crippen molar-refractivity contribution in [1.29, 1.82) is 0 Å². The van der Waals surface area contributed by atoms with Gasteiger partial charge in [-0.1, -0.05) is 60.8 Å². The zero-order chi connectivity index (χ0) is 17.2. The van der Waals surface area contributed by atoms with E-state index < -0.39 is 0 Å². The summed E-state index contributed by atoms with van der Waals surface area (Å²) < 4.78 is 3.92. The highest BCUT2D eigenvalue weighted by Gasteiger charge is 2.29. The second-order valence-electron chi connectivity index (χ2n) is 5.78. The molecule has 1 aromatic carbocycles. The average molecular weight is 374 g/mol. The third kappa shape index (κ3) is 3.13. The van der Waals surface area contributed by atoms with Crippen molar-refractivity contribution in [3.8, 4) is 11.4 Å². The minimum absolute atomic E-state index is 0.139. The van der Waals surface area contributed by atoms with E-state index in [1.807, 2.05) is 18.2 Å². The highest BCUT2D eigenvalue weighted by molar-refractivity contribution is 8.00. The number of hydrogen-bond acceptors (Lipinski definition) is 6. The molecule has 0 fully saturated rings. The Morgan fingerprint density at radius 2 is 2.16 bits per heavy atom. The van der Waals surface area contributed by atoms with Crippen LogP contribution in [0.1, 0.15) is 19.4 Å². The van der Waals surface area contributed by atoms with Gasteiger partial charge in [-0.05, 0) is 6.42 Å². The highest BCUT2D eigenvalue weighted by atomic mass is 32.2. The van der Waals surface area contributed by atoms with E-state index in [0.717, 1.165) is 39.6 Å². The number of nitrogens with zero attached hydrogens (tertiary/aromatic N) is 5. The molecule has 1 N–H and O–H groups in total. The third-order valence-electron chi connectivity index (χ3n) is 4.04. The van der Waals surface area contributed by atoms with Gasteiger partial charge in [0.25, 0.3) is 0 Å². The number of H-pyrrole nitrogens is 1. The monoisotopic (exact) mass is 374 g/mol. The van der Waals surface area contributed by atoms with Gasteiger partial charge in [-0.15, -0.1) is 15.3 Å². The maximum Gasteiger partial charge on any atom is 0.343 e. The van der Waals surface area contributed by atoms with E-state index in [9.17, 15) is 4.79 Å². The summed E-state index contributed by atoms with van der Waals surface area (Å²) in [7, 11) is 0. The summed E-state index contributed by atoms with van der Waals surface area (Å²) in [5.41, 5.74) is 0.932. The average Bonchev–Trinajstić information content (AvgIpc) is 3.31. The number of rotatable bonds is 6. The second kappa shape index (κ2) is 7.09. The predicted octanol–water partition coefficient (Wildman–Crippen LogP) is 2.68. The summed E-state index contributed by atoms with van der Waals surface area (Å²) >= 11 is 3.33. The molecule has 0 bridgehead atoms. The number of aromatic nitrogens is 6. The molecular weight excluding hydrogens is 356 g/mol. The first-order valence-corrected chi connectivity index (χ1v) is 10.2. The van der Waals surface area contributed by atoms with Gasteiger partial charge in [-0.2, -0.15) is 0 Å². The van der Waals surface area contributed by atoms with Crippen molar-refractivity contribution in [1.82, 2.24) is 29.5 Å². The Hall–Kier alpha value is -2.00. The fraction of sp³-hybridized carbons (Fsp3) is 0.375. The maximum atomic E-state index is 11.8. The molecule has 1 aliphatic heterocycles. The van der Waals surface area contributed by atoms with Crippen LogP contribution in [0.15, 0.2) is 45.4 Å². The van der Waals surface area contributed by atoms with Gasteiger partial charge in [0.2, 0.25) is 0 Å². The number of hydrogen-bond donors (Lipinski definition) is 1. The Morgan fingerprint density at radius 1 is 1.32 bits per heavy atom. The zero-order valence-electron chi connectivity index (χ0n) is 13.8. The number of aromatic amines is 1. The smallest absolute Gasteiger partial charge is 0.297 e. The molecule has 0 saturated carbocycles. The highest BCUT2D eigenvalue weighted by Crippen LogP contribution is 2.38. The third-order valence-corrected chi connectivity index (χ3v) is 6.25. The number of fused-ring (bicyclic) bond motifs is 1. The summed E-state index contributed by atoms with van der Waals surface area (Å²) in [5.74, 6) is 2.69. The van der Waals surface area contributed by atoms with Crippen LogP contribution in [0.25, 0.3) is 11.4 Å². The predicted molar refractivity (Wildman–Crippen MR) is 99.1 cm³/mol. The fourth-order valence-corrected chi connectivity index (χ4v) is 5.14. The Labute approximate surface area is 153 Å². The molecule has 4 rings (SSSR count). The van der Waals surface area contributed by atoms with Gasteiger partial charge in [0.1, 0.15) is 0 Å². The van der Waals surface area contributed by atoms with E-state index >= 15 is 0 Å². The number of nitrogens with one attached hydrogen (secondary N) is 1. The van der Waals surface area contributed by atoms with Gasteiger partial charge in [-0.25, -0.2) is 9.89 Å². The van der Waals surface area contributed by atoms with E-state index in [4.69, 9.17) is 0 Å². The van der Waals surface area contributed by atoms with Crippen LogP contribution in [-0.2, 0) is 6.54 Å². The van der Waals surface area contributed by atoms with Crippen molar-refractivity contribution in [3.05, 3.63) is 40.8 Å². The quantitative estimate of drug-likeness (QED) is 0.668. The van der Waals surface area contributed by atoms with E-state index in [2.05, 4.69) is 44.0 Å². The molecule has 1 atom stereocenters. The summed E-state index contributed by atoms with van der Waals surface area (Å²) in [6, 6.07) is 10.4. The zero-order valence-corrected chi connectivity index (χ0v) is 15.4. The van der Waals surface area contributed by atoms with Crippen LogP contribution >= 0.6 is 23.5 Å². The summed E-state index contributed by atoms with van der Waals surface area (Å²) in [5, 5.41) is 17.1. The molecule has 9 heteroatoms. The molecule has 25 heavy (non-hydrogen) atoms. The van der Waals surface area contributed by atoms with Gasteiger partial charge in [0, 0.05) is 23.6 Å². The normalized spacial score (nSPS) is 16.3. The molecule has 0 spiro atoms. The molecule has 1 unspecified atom stereocenters. The molecule has 0 amide bonds. The largest absolute Gasteiger partial charge is 0.343 e. The Morgan fingerprint density at radius 3 is 2.96 bits per heavy atom. The lowest BCUT2D eigenvalue weighted by Gasteiger charge is -2.14. The van der Waals surface area contributed by atoms with Crippen molar-refractivity contribution >= 4 is 23.5 Å². The van der Waals surface area contributed by atoms with Crippen LogP contribution in [0.2, 0.25) is 0 Å². The fourth-order valence-electron chi connectivity index (χ4n) is 2.86. The van der Waals surface area contributed by atoms with Crippen molar-refractivity contribution in [2.24, 2.45) is 0 Å². The lowest BCUT2D eigenvalue weighted by atomic mass is 10.2. The first-order valence-electron chi connectivity index (χ1n) is 8.19. The topological polar surface area (TPSA) is 81.4 Å². The molecule has 130 valence electrons. The van der Waals surface area contributed by atoms with E-state index in [-0.39, 0.29) is 11.7 Å². The maximum absolute atomic E-state index is 11.8. The van der Waals surface area contributed by atoms with Gasteiger partial charge < -0.3 is 0 Å². The number of benzene rings is 1. The standard InChI is InChI=1S/C16H18N6OS2/c1-2-8-21-14(23)18-19-15(21)24-9-12-10-25-16-20-17-13(22(12)16)11-6-4-3-5-7-11/h3-7,12H,2,8-10H2,1H3,(H,18,23). The number of thioether (sulfide) groups is 2. The Balaban J connectivity index is 1.56. The summed E-state index contributed by atoms with van der Waals surface area (Å²) in [6.45, 7) is 2.74. The molecule has 0 radical (unpaired) electrons. The van der Waals surface area contributed by atoms with Crippen molar-refractivity contribution < 1.29 is 0 Å². The minimum Gasteiger partial charge on any atom is -0.297 e. The molecule has 0 saturated heterocycles. The summed E-state index contributed by atoms with van der Waals surface area (Å²) in [4.78, 5) is 11.8. The first kappa shape index (κ1) is 16.5. The Kier molecular flexibility index (Phi) is 4.67. The second-order valence-corrected chi connectivity index (χ2v) is 7.76.